The van der Waals surface area contributed by atoms with Crippen LogP contribution in [-0.2, 0) is 9.84 Å². The van der Waals surface area contributed by atoms with Gasteiger partial charge in [-0.15, -0.1) is 22.9 Å². The van der Waals surface area contributed by atoms with E-state index in [1.807, 2.05) is 0 Å². The van der Waals surface area contributed by atoms with E-state index in [1.165, 1.54) is 23.5 Å². The lowest BCUT2D eigenvalue weighted by atomic mass is 10.1. The highest BCUT2D eigenvalue weighted by atomic mass is 35.5. The Kier molecular flexibility index (Phi) is 4.48. The summed E-state index contributed by atoms with van der Waals surface area (Å²) in [5.74, 6) is 0. The average Bonchev–Trinajstić information content (AvgIpc) is 2.66. The first kappa shape index (κ1) is 15.1. The molecule has 1 aromatic heterocycles. The molecule has 0 amide bonds. The molecule has 0 aliphatic heterocycles. The summed E-state index contributed by atoms with van der Waals surface area (Å²) in [6.45, 7) is 0. The van der Waals surface area contributed by atoms with Crippen LogP contribution in [0.15, 0.2) is 35.2 Å². The van der Waals surface area contributed by atoms with Crippen molar-refractivity contribution >= 4 is 56.0 Å². The topological polar surface area (TPSA) is 34.1 Å². The van der Waals surface area contributed by atoms with E-state index in [9.17, 15) is 8.42 Å². The molecule has 1 unspecified atom stereocenters. The Balaban J connectivity index is 2.35. The van der Waals surface area contributed by atoms with Gasteiger partial charge in [-0.2, -0.15) is 0 Å². The molecule has 1 atom stereocenters. The van der Waals surface area contributed by atoms with E-state index in [0.29, 0.717) is 8.67 Å². The van der Waals surface area contributed by atoms with Gasteiger partial charge in [0.1, 0.15) is 0 Å². The zero-order valence-corrected chi connectivity index (χ0v) is 13.6. The zero-order valence-electron chi connectivity index (χ0n) is 9.73. The molecule has 0 spiro atoms. The summed E-state index contributed by atoms with van der Waals surface area (Å²) in [7, 11) is -3.20. The number of sulfone groups is 1. The van der Waals surface area contributed by atoms with E-state index in [2.05, 4.69) is 0 Å². The van der Waals surface area contributed by atoms with Crippen LogP contribution in [0.2, 0.25) is 8.67 Å². The molecule has 7 heteroatoms. The maximum atomic E-state index is 11.4. The summed E-state index contributed by atoms with van der Waals surface area (Å²) >= 11 is 19.5. The molecule has 1 heterocycles. The van der Waals surface area contributed by atoms with Gasteiger partial charge in [-0.3, -0.25) is 0 Å². The van der Waals surface area contributed by atoms with Crippen LogP contribution in [0.1, 0.15) is 16.5 Å². The molecule has 0 aliphatic carbocycles. The SMILES string of the molecule is CS(=O)(=O)c1ccc(C(Cl)c2cc(Cl)sc2Cl)cc1. The Hall–Kier alpha value is -0.260. The van der Waals surface area contributed by atoms with Crippen LogP contribution in [0, 0.1) is 0 Å². The highest BCUT2D eigenvalue weighted by Crippen LogP contribution is 2.40. The fraction of sp³-hybridized carbons (Fsp3) is 0.167. The first-order valence-electron chi connectivity index (χ1n) is 5.18. The monoisotopic (exact) mass is 354 g/mol. The van der Waals surface area contributed by atoms with Crippen molar-refractivity contribution in [2.75, 3.05) is 6.26 Å². The van der Waals surface area contributed by atoms with Crippen LogP contribution in [0.4, 0.5) is 0 Å². The van der Waals surface area contributed by atoms with Crippen molar-refractivity contribution in [1.82, 2.24) is 0 Å². The minimum atomic E-state index is -3.20. The van der Waals surface area contributed by atoms with Crippen molar-refractivity contribution in [3.63, 3.8) is 0 Å². The predicted octanol–water partition coefficient (Wildman–Crippen LogP) is 4.79. The van der Waals surface area contributed by atoms with Gasteiger partial charge in [-0.05, 0) is 23.8 Å². The van der Waals surface area contributed by atoms with E-state index in [1.54, 1.807) is 18.2 Å². The third-order valence-corrected chi connectivity index (χ3v) is 5.69. The fourth-order valence-electron chi connectivity index (χ4n) is 1.59. The number of hydrogen-bond donors (Lipinski definition) is 0. The Bertz CT molecular complexity index is 690. The van der Waals surface area contributed by atoms with Gasteiger partial charge in [0.15, 0.2) is 9.84 Å². The molecule has 1 aromatic carbocycles. The molecule has 2 nitrogen and oxygen atoms in total. The van der Waals surface area contributed by atoms with Crippen molar-refractivity contribution in [3.05, 3.63) is 50.1 Å². The van der Waals surface area contributed by atoms with Crippen molar-refractivity contribution < 1.29 is 8.42 Å². The molecule has 0 saturated heterocycles. The third kappa shape index (κ3) is 3.44. The van der Waals surface area contributed by atoms with Crippen molar-refractivity contribution in [1.29, 1.82) is 0 Å². The first-order chi connectivity index (χ1) is 8.79. The van der Waals surface area contributed by atoms with Crippen LogP contribution < -0.4 is 0 Å². The van der Waals surface area contributed by atoms with Gasteiger partial charge in [0.25, 0.3) is 0 Å². The Morgan fingerprint density at radius 2 is 1.74 bits per heavy atom. The van der Waals surface area contributed by atoms with Crippen LogP contribution in [0.25, 0.3) is 0 Å². The van der Waals surface area contributed by atoms with Crippen LogP contribution in [0.3, 0.4) is 0 Å². The predicted molar refractivity (Wildman–Crippen MR) is 81.6 cm³/mol. The molecule has 102 valence electrons. The second kappa shape index (κ2) is 5.62. The summed E-state index contributed by atoms with van der Waals surface area (Å²) in [6.07, 6.45) is 1.16. The summed E-state index contributed by atoms with van der Waals surface area (Å²) in [4.78, 5) is 0.259. The van der Waals surface area contributed by atoms with Crippen LogP contribution in [-0.4, -0.2) is 14.7 Å². The highest BCUT2D eigenvalue weighted by Gasteiger charge is 2.18. The van der Waals surface area contributed by atoms with E-state index < -0.39 is 15.2 Å². The molecule has 0 bridgehead atoms. The third-order valence-electron chi connectivity index (χ3n) is 2.56. The van der Waals surface area contributed by atoms with Gasteiger partial charge in [-0.25, -0.2) is 8.42 Å². The molecule has 0 fully saturated rings. The molecule has 2 aromatic rings. The van der Waals surface area contributed by atoms with Gasteiger partial charge in [0, 0.05) is 11.8 Å². The van der Waals surface area contributed by atoms with Gasteiger partial charge < -0.3 is 0 Å². The quantitative estimate of drug-likeness (QED) is 0.742. The largest absolute Gasteiger partial charge is 0.224 e. The number of rotatable bonds is 3. The van der Waals surface area contributed by atoms with Crippen molar-refractivity contribution in [3.8, 4) is 0 Å². The molecule has 0 aliphatic rings. The molecule has 0 radical (unpaired) electrons. The van der Waals surface area contributed by atoms with E-state index in [4.69, 9.17) is 34.8 Å². The number of alkyl halides is 1. The molecule has 0 N–H and O–H groups in total. The maximum Gasteiger partial charge on any atom is 0.175 e. The minimum Gasteiger partial charge on any atom is -0.224 e. The summed E-state index contributed by atoms with van der Waals surface area (Å²) < 4.78 is 23.9. The van der Waals surface area contributed by atoms with Gasteiger partial charge in [-0.1, -0.05) is 35.3 Å². The summed E-state index contributed by atoms with van der Waals surface area (Å²) in [6, 6.07) is 8.13. The van der Waals surface area contributed by atoms with Crippen LogP contribution in [0.5, 0.6) is 0 Å². The molecule has 2 rings (SSSR count). The second-order valence-corrected chi connectivity index (χ2v) is 8.72. The molecular weight excluding hydrogens is 347 g/mol. The normalized spacial score (nSPS) is 13.5. The minimum absolute atomic E-state index is 0.259. The lowest BCUT2D eigenvalue weighted by molar-refractivity contribution is 0.602. The zero-order chi connectivity index (χ0) is 14.2. The maximum absolute atomic E-state index is 11.4. The smallest absolute Gasteiger partial charge is 0.175 e. The Morgan fingerprint density at radius 1 is 1.16 bits per heavy atom. The van der Waals surface area contributed by atoms with Crippen molar-refractivity contribution in [2.24, 2.45) is 0 Å². The number of hydrogen-bond acceptors (Lipinski definition) is 3. The number of thiophene rings is 1. The average molecular weight is 356 g/mol. The standard InChI is InChI=1S/C12H9Cl3O2S2/c1-19(16,17)8-4-2-7(3-5-8)11(14)9-6-10(13)18-12(9)15/h2-6,11H,1H3. The molecule has 19 heavy (non-hydrogen) atoms. The number of halogens is 3. The van der Waals surface area contributed by atoms with E-state index in [0.717, 1.165) is 17.4 Å². The van der Waals surface area contributed by atoms with Crippen molar-refractivity contribution in [2.45, 2.75) is 10.3 Å². The van der Waals surface area contributed by atoms with Gasteiger partial charge in [0.2, 0.25) is 0 Å². The van der Waals surface area contributed by atoms with E-state index >= 15 is 0 Å². The van der Waals surface area contributed by atoms with Gasteiger partial charge in [0.05, 0.1) is 18.9 Å². The highest BCUT2D eigenvalue weighted by molar-refractivity contribution is 7.90. The summed E-state index contributed by atoms with van der Waals surface area (Å²) in [5.41, 5.74) is 1.50. The summed E-state index contributed by atoms with van der Waals surface area (Å²) in [5, 5.41) is -0.454. The first-order valence-corrected chi connectivity index (χ1v) is 9.08. The molecule has 0 saturated carbocycles. The fourth-order valence-corrected chi connectivity index (χ4v) is 4.19. The Labute approximate surface area is 130 Å². The lowest BCUT2D eigenvalue weighted by Crippen LogP contribution is -1.98. The molecular formula is C12H9Cl3O2S2. The lowest BCUT2D eigenvalue weighted by Gasteiger charge is -2.09. The van der Waals surface area contributed by atoms with Gasteiger partial charge >= 0.3 is 0 Å². The van der Waals surface area contributed by atoms with Crippen LogP contribution >= 0.6 is 46.1 Å². The number of benzene rings is 1. The Morgan fingerprint density at radius 3 is 2.16 bits per heavy atom. The van der Waals surface area contributed by atoms with E-state index in [-0.39, 0.29) is 4.90 Å². The second-order valence-electron chi connectivity index (χ2n) is 3.98.